The van der Waals surface area contributed by atoms with Crippen LogP contribution in [-0.2, 0) is 44.9 Å². The molecule has 0 spiro atoms. The molecule has 106 heavy (non-hydrogen) atoms. The van der Waals surface area contributed by atoms with Crippen molar-refractivity contribution in [1.82, 2.24) is 39.7 Å². The fraction of sp³-hybridized carbons (Fsp3) is 0.184. The van der Waals surface area contributed by atoms with Gasteiger partial charge in [-0.05, 0) is 128 Å². The van der Waals surface area contributed by atoms with Crippen LogP contribution in [0.2, 0.25) is 0 Å². The summed E-state index contributed by atoms with van der Waals surface area (Å²) in [5.74, 6) is -5.68. The zero-order valence-electron chi connectivity index (χ0n) is 59.1. The summed E-state index contributed by atoms with van der Waals surface area (Å²) in [6.07, 6.45) is 7.34. The Morgan fingerprint density at radius 1 is 0.670 bits per heavy atom. The number of Topliss-reactive ketones (excluding diaryl/α,β-unsaturated/α-hetero) is 1. The Morgan fingerprint density at radius 3 is 1.95 bits per heavy atom. The van der Waals surface area contributed by atoms with Crippen molar-refractivity contribution in [2.24, 2.45) is 7.05 Å². The minimum atomic E-state index is -4.77. The molecule has 2 amide bonds. The smallest absolute Gasteiger partial charge is 0.270 e. The number of pyridine rings is 1. The summed E-state index contributed by atoms with van der Waals surface area (Å²) in [6, 6.07) is 45.2. The molecule has 30 heteroatoms. The predicted octanol–water partition coefficient (Wildman–Crippen LogP) is 15.9. The first-order valence-corrected chi connectivity index (χ1v) is 36.4. The van der Waals surface area contributed by atoms with Gasteiger partial charge in [0.1, 0.15) is 17.5 Å². The molecule has 0 atom stereocenters. The summed E-state index contributed by atoms with van der Waals surface area (Å²) in [7, 11) is -1.11. The average Bonchev–Trinajstić information content (AvgIpc) is 1.54. The SMILES string of the molecule is CNc1nccc(-c2sc(C(C)(C)C)nc2-c2cccc(NS(=O)(=O)c3c(F)cccc3F)c2F)n1.CS(=O)(=O)O.Cc1ccc(C(=O)Cc2cccc(C(C)(F)F)c2)cc1Nc1nc(-c2cccnc2)nc2c1cnn2C.Cc1ccc(C(=O)Nc2cccc(NC(=O)c3cccc(N(C)C)c3)c2)cc1. The van der Waals surface area contributed by atoms with E-state index in [2.05, 4.69) is 51.3 Å². The Balaban J connectivity index is 0.000000180. The van der Waals surface area contributed by atoms with Gasteiger partial charge in [0.2, 0.25) is 5.95 Å². The largest absolute Gasteiger partial charge is 0.378 e. The monoisotopic (exact) mass is 1500 g/mol. The molecule has 7 aromatic carbocycles. The van der Waals surface area contributed by atoms with Crippen molar-refractivity contribution in [3.63, 3.8) is 0 Å². The maximum Gasteiger partial charge on any atom is 0.270 e. The fourth-order valence-electron chi connectivity index (χ4n) is 10.1. The number of carbonyl (C=O) groups excluding carboxylic acids is 3. The lowest BCUT2D eigenvalue weighted by Gasteiger charge is -2.14. The van der Waals surface area contributed by atoms with Gasteiger partial charge in [-0.25, -0.2) is 55.3 Å². The molecular weight excluding hydrogens is 1430 g/mol. The topological polar surface area (TPSA) is 298 Å². The van der Waals surface area contributed by atoms with E-state index in [1.165, 1.54) is 35.6 Å². The molecule has 5 aromatic heterocycles. The molecule has 0 bridgehead atoms. The van der Waals surface area contributed by atoms with E-state index in [-0.39, 0.29) is 46.3 Å². The Kier molecular flexibility index (Phi) is 24.7. The number of hydrogen-bond donors (Lipinski definition) is 6. The van der Waals surface area contributed by atoms with Gasteiger partial charge in [0.15, 0.2) is 28.0 Å². The van der Waals surface area contributed by atoms with Gasteiger partial charge >= 0.3 is 0 Å². The Bertz CT molecular complexity index is 5420. The molecule has 0 saturated carbocycles. The number of thiazole rings is 1. The second kappa shape index (κ2) is 33.4. The van der Waals surface area contributed by atoms with E-state index in [9.17, 15) is 48.8 Å². The normalized spacial score (nSPS) is 11.4. The van der Waals surface area contributed by atoms with Crippen LogP contribution in [0.3, 0.4) is 0 Å². The van der Waals surface area contributed by atoms with Gasteiger partial charge in [0.25, 0.3) is 37.9 Å². The van der Waals surface area contributed by atoms with Crippen molar-refractivity contribution >= 4 is 100 Å². The molecule has 0 unspecified atom stereocenters. The molecule has 548 valence electrons. The van der Waals surface area contributed by atoms with Crippen LogP contribution in [0.4, 0.5) is 62.2 Å². The van der Waals surface area contributed by atoms with Crippen LogP contribution in [0.15, 0.2) is 200 Å². The maximum atomic E-state index is 15.8. The zero-order chi connectivity index (χ0) is 77.0. The van der Waals surface area contributed by atoms with Gasteiger partial charge in [-0.1, -0.05) is 93.1 Å². The number of anilines is 7. The molecule has 0 aliphatic rings. The molecule has 22 nitrogen and oxygen atoms in total. The van der Waals surface area contributed by atoms with E-state index < -0.39 is 54.1 Å². The fourth-order valence-corrected chi connectivity index (χ4v) is 12.4. The van der Waals surface area contributed by atoms with E-state index in [0.717, 1.165) is 59.0 Å². The number of hydrogen-bond acceptors (Lipinski definition) is 18. The van der Waals surface area contributed by atoms with Gasteiger partial charge in [0, 0.05) is 122 Å². The van der Waals surface area contributed by atoms with Crippen LogP contribution in [0.1, 0.15) is 86.0 Å². The van der Waals surface area contributed by atoms with Crippen LogP contribution in [0, 0.1) is 31.3 Å². The Hall–Kier alpha value is -11.7. The Morgan fingerprint density at radius 2 is 1.31 bits per heavy atom. The van der Waals surface area contributed by atoms with Gasteiger partial charge in [-0.15, -0.1) is 11.3 Å². The lowest BCUT2D eigenvalue weighted by molar-refractivity contribution is 0.0173. The number of carbonyl (C=O) groups is 3. The third-order valence-corrected chi connectivity index (χ3v) is 18.4. The zero-order valence-corrected chi connectivity index (χ0v) is 61.6. The lowest BCUT2D eigenvalue weighted by atomic mass is 9.98. The molecule has 0 saturated heterocycles. The number of aromatic nitrogens is 8. The van der Waals surface area contributed by atoms with Gasteiger partial charge in [-0.3, -0.25) is 33.3 Å². The minimum Gasteiger partial charge on any atom is -0.378 e. The molecule has 0 fully saturated rings. The van der Waals surface area contributed by atoms with Crippen molar-refractivity contribution in [3.8, 4) is 33.2 Å². The second-order valence-electron chi connectivity index (χ2n) is 25.3. The molecule has 0 aliphatic carbocycles. The minimum absolute atomic E-state index is 0.00410. The summed E-state index contributed by atoms with van der Waals surface area (Å²) < 4.78 is 126. The van der Waals surface area contributed by atoms with Crippen LogP contribution >= 0.6 is 11.3 Å². The number of benzene rings is 7. The summed E-state index contributed by atoms with van der Waals surface area (Å²) in [6.45, 7) is 10.6. The highest BCUT2D eigenvalue weighted by Gasteiger charge is 2.30. The van der Waals surface area contributed by atoms with Crippen LogP contribution in [0.25, 0.3) is 44.2 Å². The molecule has 5 heterocycles. The maximum absolute atomic E-state index is 15.8. The molecule has 0 radical (unpaired) electrons. The summed E-state index contributed by atoms with van der Waals surface area (Å²) in [4.78, 5) is 66.1. The highest BCUT2D eigenvalue weighted by Crippen LogP contribution is 2.43. The first-order valence-electron chi connectivity index (χ1n) is 32.3. The predicted molar refractivity (Wildman–Crippen MR) is 404 cm³/mol. The molecule has 0 aliphatic heterocycles. The quantitative estimate of drug-likeness (QED) is 0.0264. The molecular formula is C76H73F5N14O8S3. The van der Waals surface area contributed by atoms with Gasteiger partial charge < -0.3 is 26.2 Å². The van der Waals surface area contributed by atoms with Crippen LogP contribution in [0.5, 0.6) is 0 Å². The summed E-state index contributed by atoms with van der Waals surface area (Å²) in [5.41, 5.74) is 8.22. The standard InChI is InChI=1S/C28H24F2N6O.C24H22F3N5O2S2.C23H23N3O2.CH4O3S/c1-17-9-10-19(24(37)13-18-6-4-8-21(12-18)28(2,29)30)14-23(17)33-26-22-16-32-36(3)27(22)35-25(34-26)20-7-5-11-31-15-20;1-24(2,3)22-31-19(20(35-22)17-11-12-29-23(28-4)30-17)13-7-5-10-16(18(13)27)32-36(33,34)21-14(25)8-6-9-15(21)26;1-16-10-12-17(13-11-16)22(27)24-19-7-5-8-20(15-19)25-23(28)18-6-4-9-21(14-18)26(2)3;1-5(2,3)4/h4-12,14-16H,13H2,1-3H3,(H,33,34,35);5-12,32H,1-4H3,(H,28,29,30);4-15H,1-3H3,(H,24,27)(H,25,28);1H3,(H,2,3,4). The number of nitrogens with one attached hydrogen (secondary N) is 5. The first-order chi connectivity index (χ1) is 50.0. The highest BCUT2D eigenvalue weighted by molar-refractivity contribution is 7.92. The number of halogens is 5. The number of ketones is 1. The number of aryl methyl sites for hydroxylation is 3. The van der Waals surface area contributed by atoms with E-state index in [1.807, 2.05) is 107 Å². The van der Waals surface area contributed by atoms with Crippen molar-refractivity contribution in [1.29, 1.82) is 0 Å². The van der Waals surface area contributed by atoms with E-state index in [0.29, 0.717) is 84.4 Å². The average molecular weight is 1500 g/mol. The second-order valence-corrected chi connectivity index (χ2v) is 29.4. The number of nitrogens with zero attached hydrogens (tertiary/aromatic N) is 9. The summed E-state index contributed by atoms with van der Waals surface area (Å²) in [5, 5.41) is 17.7. The highest BCUT2D eigenvalue weighted by atomic mass is 32.2. The van der Waals surface area contributed by atoms with Crippen molar-refractivity contribution in [2.45, 2.75) is 64.2 Å². The third-order valence-electron chi connectivity index (χ3n) is 15.5. The van der Waals surface area contributed by atoms with Gasteiger partial charge in [-0.2, -0.15) is 13.5 Å². The molecule has 6 N–H and O–H groups in total. The number of rotatable bonds is 18. The third kappa shape index (κ3) is 20.6. The number of sulfonamides is 1. The van der Waals surface area contributed by atoms with Crippen molar-refractivity contribution < 1.29 is 57.7 Å². The summed E-state index contributed by atoms with van der Waals surface area (Å²) >= 11 is 1.33. The number of fused-ring (bicyclic) bond motifs is 1. The Labute approximate surface area is 613 Å². The van der Waals surface area contributed by atoms with Crippen LogP contribution in [-0.4, -0.2) is 106 Å². The van der Waals surface area contributed by atoms with Gasteiger partial charge in [0.05, 0.1) is 44.8 Å². The molecule has 12 rings (SSSR count). The van der Waals surface area contributed by atoms with Crippen molar-refractivity contribution in [3.05, 3.63) is 256 Å². The van der Waals surface area contributed by atoms with Crippen LogP contribution < -0.4 is 30.9 Å². The van der Waals surface area contributed by atoms with E-state index in [4.69, 9.17) is 9.54 Å². The number of amides is 2. The lowest BCUT2D eigenvalue weighted by Crippen LogP contribution is -2.17. The molecule has 12 aromatic rings. The van der Waals surface area contributed by atoms with E-state index >= 15 is 4.39 Å². The first kappa shape index (κ1) is 78.4. The number of alkyl halides is 2. The van der Waals surface area contributed by atoms with E-state index in [1.54, 1.807) is 116 Å². The van der Waals surface area contributed by atoms with Crippen molar-refractivity contribution in [2.75, 3.05) is 58.3 Å².